The quantitative estimate of drug-likeness (QED) is 0.545. The summed E-state index contributed by atoms with van der Waals surface area (Å²) >= 11 is 0. The predicted octanol–water partition coefficient (Wildman–Crippen LogP) is 3.81. The van der Waals surface area contributed by atoms with E-state index in [-0.39, 0.29) is 42.3 Å². The second-order valence-corrected chi connectivity index (χ2v) is 11.1. The molecule has 200 valence electrons. The highest BCUT2D eigenvalue weighted by Crippen LogP contribution is 2.53. The molecule has 8 nitrogen and oxygen atoms in total. The zero-order chi connectivity index (χ0) is 25.7. The molecule has 2 N–H and O–H groups in total. The van der Waals surface area contributed by atoms with Gasteiger partial charge in [-0.15, -0.1) is 12.4 Å². The average molecular weight is 537 g/mol. The molecular formula is C29H33ClN4O4. The Morgan fingerprint density at radius 1 is 1.00 bits per heavy atom. The molecule has 9 heteroatoms. The number of amides is 4. The first-order valence-corrected chi connectivity index (χ1v) is 13.2. The summed E-state index contributed by atoms with van der Waals surface area (Å²) in [6, 6.07) is 10.7. The smallest absolute Gasteiger partial charge is 0.264 e. The lowest BCUT2D eigenvalue weighted by Gasteiger charge is -2.32. The Kier molecular flexibility index (Phi) is 7.05. The van der Waals surface area contributed by atoms with Gasteiger partial charge < -0.3 is 5.32 Å². The van der Waals surface area contributed by atoms with Crippen molar-refractivity contribution in [3.8, 4) is 0 Å². The van der Waals surface area contributed by atoms with Crippen LogP contribution in [0.1, 0.15) is 75.9 Å². The number of piperidine rings is 2. The molecule has 2 aromatic carbocycles. The van der Waals surface area contributed by atoms with Gasteiger partial charge in [0.25, 0.3) is 11.8 Å². The minimum absolute atomic E-state index is 0. The highest BCUT2D eigenvalue weighted by Gasteiger charge is 2.46. The standard InChI is InChI=1S/C29H32N4O4.ClH/c1-18-15-19(5-6-20(18)17-32-13-11-29(9-10-29)12-14-32)16-30-22-4-2-3-21-25(22)28(37)33(27(21)36)23-7-8-24(34)31-26(23)35;/h2-6,15,23,30H,7-14,16-17H2,1H3,(H,31,34,35);1H. The Hall–Kier alpha value is -3.23. The number of nitrogens with one attached hydrogen (secondary N) is 2. The zero-order valence-electron chi connectivity index (χ0n) is 21.5. The highest BCUT2D eigenvalue weighted by molar-refractivity contribution is 6.25. The third kappa shape index (κ3) is 4.83. The summed E-state index contributed by atoms with van der Waals surface area (Å²) in [5.41, 5.74) is 5.49. The molecule has 1 saturated carbocycles. The lowest BCUT2D eigenvalue weighted by molar-refractivity contribution is -0.136. The fourth-order valence-electron chi connectivity index (χ4n) is 6.01. The molecule has 1 aliphatic carbocycles. The van der Waals surface area contributed by atoms with Crippen molar-refractivity contribution in [2.24, 2.45) is 5.41 Å². The van der Waals surface area contributed by atoms with Gasteiger partial charge in [-0.1, -0.05) is 24.3 Å². The summed E-state index contributed by atoms with van der Waals surface area (Å²) < 4.78 is 0. The Bertz CT molecular complexity index is 1310. The largest absolute Gasteiger partial charge is 0.380 e. The molecule has 38 heavy (non-hydrogen) atoms. The molecule has 3 heterocycles. The number of hydrogen-bond donors (Lipinski definition) is 2. The van der Waals surface area contributed by atoms with E-state index in [1.807, 2.05) is 0 Å². The average Bonchev–Trinajstić information content (AvgIpc) is 3.59. The molecule has 1 unspecified atom stereocenters. The van der Waals surface area contributed by atoms with Gasteiger partial charge in [-0.05, 0) is 86.4 Å². The van der Waals surface area contributed by atoms with Crippen LogP contribution in [0.25, 0.3) is 0 Å². The first-order chi connectivity index (χ1) is 17.8. The number of rotatable bonds is 6. The summed E-state index contributed by atoms with van der Waals surface area (Å²) in [7, 11) is 0. The minimum atomic E-state index is -0.970. The molecule has 0 aromatic heterocycles. The summed E-state index contributed by atoms with van der Waals surface area (Å²) in [5, 5.41) is 5.57. The van der Waals surface area contributed by atoms with Crippen LogP contribution >= 0.6 is 12.4 Å². The van der Waals surface area contributed by atoms with Crippen LogP contribution in [-0.2, 0) is 22.7 Å². The van der Waals surface area contributed by atoms with Gasteiger partial charge in [-0.25, -0.2) is 0 Å². The van der Waals surface area contributed by atoms with Crippen molar-refractivity contribution in [1.82, 2.24) is 15.1 Å². The molecule has 0 bridgehead atoms. The molecule has 6 rings (SSSR count). The molecule has 1 atom stereocenters. The second kappa shape index (κ2) is 10.2. The lowest BCUT2D eigenvalue weighted by atomic mass is 9.93. The number of halogens is 1. The van der Waals surface area contributed by atoms with Crippen molar-refractivity contribution in [2.45, 2.75) is 64.6 Å². The number of aryl methyl sites for hydroxylation is 1. The Morgan fingerprint density at radius 2 is 1.76 bits per heavy atom. The summed E-state index contributed by atoms with van der Waals surface area (Å²) in [4.78, 5) is 53.8. The van der Waals surface area contributed by atoms with E-state index < -0.39 is 23.8 Å². The van der Waals surface area contributed by atoms with Crippen LogP contribution in [0.2, 0.25) is 0 Å². The zero-order valence-corrected chi connectivity index (χ0v) is 22.4. The van der Waals surface area contributed by atoms with E-state index in [4.69, 9.17) is 0 Å². The van der Waals surface area contributed by atoms with E-state index in [1.165, 1.54) is 49.9 Å². The fourth-order valence-corrected chi connectivity index (χ4v) is 6.01. The first-order valence-electron chi connectivity index (χ1n) is 13.2. The summed E-state index contributed by atoms with van der Waals surface area (Å²) in [6.45, 7) is 6.00. The molecular weight excluding hydrogens is 504 g/mol. The normalized spacial score (nSPS) is 22.2. The number of carbonyl (C=O) groups is 4. The van der Waals surface area contributed by atoms with Gasteiger partial charge in [-0.2, -0.15) is 0 Å². The maximum atomic E-state index is 13.3. The van der Waals surface area contributed by atoms with Gasteiger partial charge >= 0.3 is 0 Å². The number of fused-ring (bicyclic) bond motifs is 1. The fraction of sp³-hybridized carbons (Fsp3) is 0.448. The van der Waals surface area contributed by atoms with Crippen molar-refractivity contribution < 1.29 is 19.2 Å². The maximum Gasteiger partial charge on any atom is 0.264 e. The number of anilines is 1. The van der Waals surface area contributed by atoms with Crippen molar-refractivity contribution in [3.63, 3.8) is 0 Å². The monoisotopic (exact) mass is 536 g/mol. The number of imide groups is 2. The van der Waals surface area contributed by atoms with Gasteiger partial charge in [0.05, 0.1) is 11.1 Å². The summed E-state index contributed by atoms with van der Waals surface area (Å²) in [5.74, 6) is -1.99. The van der Waals surface area contributed by atoms with E-state index >= 15 is 0 Å². The molecule has 0 radical (unpaired) electrons. The highest BCUT2D eigenvalue weighted by atomic mass is 35.5. The number of likely N-dealkylation sites (tertiary alicyclic amines) is 1. The second-order valence-electron chi connectivity index (χ2n) is 11.1. The molecule has 2 saturated heterocycles. The molecule has 3 aliphatic heterocycles. The lowest BCUT2D eigenvalue weighted by Crippen LogP contribution is -2.54. The number of carbonyl (C=O) groups excluding carboxylic acids is 4. The van der Waals surface area contributed by atoms with Crippen LogP contribution in [0.15, 0.2) is 36.4 Å². The van der Waals surface area contributed by atoms with Crippen LogP contribution in [0, 0.1) is 12.3 Å². The summed E-state index contributed by atoms with van der Waals surface area (Å²) in [6.07, 6.45) is 5.74. The molecule has 4 aliphatic rings. The maximum absolute atomic E-state index is 13.3. The predicted molar refractivity (Wildman–Crippen MR) is 145 cm³/mol. The van der Waals surface area contributed by atoms with Crippen LogP contribution in [0.4, 0.5) is 5.69 Å². The molecule has 1 spiro atoms. The van der Waals surface area contributed by atoms with Gasteiger partial charge in [0.15, 0.2) is 0 Å². The van der Waals surface area contributed by atoms with Crippen molar-refractivity contribution in [3.05, 3.63) is 64.2 Å². The number of hydrogen-bond acceptors (Lipinski definition) is 6. The Balaban J connectivity index is 0.00000294. The van der Waals surface area contributed by atoms with E-state index in [2.05, 4.69) is 40.7 Å². The van der Waals surface area contributed by atoms with Crippen LogP contribution in [0.3, 0.4) is 0 Å². The molecule has 4 amide bonds. The third-order valence-corrected chi connectivity index (χ3v) is 8.63. The Labute approximate surface area is 228 Å². The van der Waals surface area contributed by atoms with Gasteiger partial charge in [-0.3, -0.25) is 34.3 Å². The van der Waals surface area contributed by atoms with E-state index in [0.29, 0.717) is 17.6 Å². The SMILES string of the molecule is Cc1cc(CNc2cccc3c2C(=O)N(C2CCC(=O)NC2=O)C3=O)ccc1CN1CCC2(CC1)CC2.Cl. The topological polar surface area (TPSA) is 98.8 Å². The van der Waals surface area contributed by atoms with Gasteiger partial charge in [0.2, 0.25) is 11.8 Å². The molecule has 2 aromatic rings. The van der Waals surface area contributed by atoms with E-state index in [1.54, 1.807) is 18.2 Å². The van der Waals surface area contributed by atoms with Crippen LogP contribution in [0.5, 0.6) is 0 Å². The Morgan fingerprint density at radius 3 is 2.45 bits per heavy atom. The third-order valence-electron chi connectivity index (χ3n) is 8.63. The number of benzene rings is 2. The van der Waals surface area contributed by atoms with Crippen LogP contribution in [-0.4, -0.2) is 52.6 Å². The van der Waals surface area contributed by atoms with Crippen molar-refractivity contribution in [1.29, 1.82) is 0 Å². The van der Waals surface area contributed by atoms with E-state index in [9.17, 15) is 19.2 Å². The minimum Gasteiger partial charge on any atom is -0.380 e. The van der Waals surface area contributed by atoms with Crippen molar-refractivity contribution >= 4 is 41.7 Å². The van der Waals surface area contributed by atoms with E-state index in [0.717, 1.165) is 17.0 Å². The van der Waals surface area contributed by atoms with Gasteiger partial charge in [0.1, 0.15) is 6.04 Å². The molecule has 3 fully saturated rings. The van der Waals surface area contributed by atoms with Gasteiger partial charge in [0, 0.05) is 25.2 Å². The number of nitrogens with zero attached hydrogens (tertiary/aromatic N) is 2. The van der Waals surface area contributed by atoms with Crippen LogP contribution < -0.4 is 10.6 Å². The first kappa shape index (κ1) is 26.4. The van der Waals surface area contributed by atoms with Crippen molar-refractivity contribution in [2.75, 3.05) is 18.4 Å².